The largest absolute Gasteiger partial charge is 0.507 e. The fourth-order valence-electron chi connectivity index (χ4n) is 5.64. The molecule has 1 amide bonds. The monoisotopic (exact) mass is 546 g/mol. The van der Waals surface area contributed by atoms with Crippen LogP contribution in [0.2, 0.25) is 0 Å². The van der Waals surface area contributed by atoms with E-state index in [0.29, 0.717) is 12.1 Å². The molecule has 5 heteroatoms. The van der Waals surface area contributed by atoms with Gasteiger partial charge in [0.05, 0.1) is 11.6 Å². The highest BCUT2D eigenvalue weighted by Gasteiger charge is 2.45. The maximum absolute atomic E-state index is 13.2. The summed E-state index contributed by atoms with van der Waals surface area (Å²) in [5.41, 5.74) is 2.61. The van der Waals surface area contributed by atoms with Crippen LogP contribution in [0.3, 0.4) is 0 Å². The minimum Gasteiger partial charge on any atom is -0.507 e. The lowest BCUT2D eigenvalue weighted by Gasteiger charge is -2.26. The second-order valence-corrected chi connectivity index (χ2v) is 11.4. The standard InChI is InChI=1S/C35H50N2O3/c1-4-5-6-7-8-9-10-11-12-13-14-15-16-20-27-37-32(28-23-25-30(26-24-28)36(2)3)31(34(39)35(37)40)33(38)29-21-18-17-19-22-29/h17-19,21-26,32,38H,4-16,20,27H2,1-3H3/b33-31+/t32-/m0/s1. The topological polar surface area (TPSA) is 60.9 Å². The van der Waals surface area contributed by atoms with Crippen molar-refractivity contribution in [3.63, 3.8) is 0 Å². The van der Waals surface area contributed by atoms with Gasteiger partial charge in [0.2, 0.25) is 0 Å². The maximum Gasteiger partial charge on any atom is 0.295 e. The van der Waals surface area contributed by atoms with Crippen LogP contribution in [0, 0.1) is 0 Å². The second kappa shape index (κ2) is 16.9. The third-order valence-corrected chi connectivity index (χ3v) is 8.06. The quantitative estimate of drug-likeness (QED) is 0.0879. The average Bonchev–Trinajstić information content (AvgIpc) is 3.22. The summed E-state index contributed by atoms with van der Waals surface area (Å²) in [5.74, 6) is -1.23. The van der Waals surface area contributed by atoms with Crippen LogP contribution in [-0.2, 0) is 9.59 Å². The van der Waals surface area contributed by atoms with Crippen LogP contribution in [0.5, 0.6) is 0 Å². The van der Waals surface area contributed by atoms with Gasteiger partial charge in [-0.3, -0.25) is 9.59 Å². The van der Waals surface area contributed by atoms with Crippen LogP contribution >= 0.6 is 0 Å². The fraction of sp³-hybridized carbons (Fsp3) is 0.543. The van der Waals surface area contributed by atoms with Gasteiger partial charge in [-0.2, -0.15) is 0 Å². The predicted octanol–water partition coefficient (Wildman–Crippen LogP) is 8.66. The minimum atomic E-state index is -0.603. The second-order valence-electron chi connectivity index (χ2n) is 11.4. The third kappa shape index (κ3) is 8.97. The molecule has 0 aliphatic carbocycles. The highest BCUT2D eigenvalue weighted by Crippen LogP contribution is 2.40. The molecule has 0 bridgehead atoms. The van der Waals surface area contributed by atoms with Crippen LogP contribution in [0.4, 0.5) is 5.69 Å². The van der Waals surface area contributed by atoms with E-state index in [-0.39, 0.29) is 11.3 Å². The van der Waals surface area contributed by atoms with Gasteiger partial charge < -0.3 is 14.9 Å². The van der Waals surface area contributed by atoms with E-state index in [0.717, 1.165) is 30.5 Å². The number of amides is 1. The number of carbonyl (C=O) groups excluding carboxylic acids is 2. The Hall–Kier alpha value is -3.08. The van der Waals surface area contributed by atoms with Gasteiger partial charge in [0.25, 0.3) is 11.7 Å². The first kappa shape index (κ1) is 31.4. The molecule has 2 aromatic rings. The number of hydrogen-bond donors (Lipinski definition) is 1. The zero-order valence-electron chi connectivity index (χ0n) is 25.0. The van der Waals surface area contributed by atoms with Gasteiger partial charge in [-0.15, -0.1) is 0 Å². The van der Waals surface area contributed by atoms with Crippen LogP contribution in [0.1, 0.15) is 114 Å². The molecule has 40 heavy (non-hydrogen) atoms. The highest BCUT2D eigenvalue weighted by atomic mass is 16.3. The molecule has 5 nitrogen and oxygen atoms in total. The molecule has 0 aromatic heterocycles. The summed E-state index contributed by atoms with van der Waals surface area (Å²) in [7, 11) is 3.96. The number of ketones is 1. The van der Waals surface area contributed by atoms with Crippen molar-refractivity contribution < 1.29 is 14.7 Å². The number of unbranched alkanes of at least 4 members (excludes halogenated alkanes) is 13. The molecule has 3 rings (SSSR count). The first-order valence-electron chi connectivity index (χ1n) is 15.6. The van der Waals surface area contributed by atoms with Gasteiger partial charge in [0.15, 0.2) is 0 Å². The molecule has 218 valence electrons. The van der Waals surface area contributed by atoms with E-state index in [1.807, 2.05) is 61.5 Å². The third-order valence-electron chi connectivity index (χ3n) is 8.06. The van der Waals surface area contributed by atoms with E-state index in [4.69, 9.17) is 0 Å². The molecule has 0 saturated carbocycles. The Morgan fingerprint density at radius 1 is 0.725 bits per heavy atom. The first-order valence-corrected chi connectivity index (χ1v) is 15.6. The molecule has 0 radical (unpaired) electrons. The zero-order valence-corrected chi connectivity index (χ0v) is 25.0. The lowest BCUT2D eigenvalue weighted by atomic mass is 9.95. The van der Waals surface area contributed by atoms with Crippen LogP contribution in [0.25, 0.3) is 5.76 Å². The SMILES string of the molecule is CCCCCCCCCCCCCCCCN1C(=O)C(=O)/C(=C(/O)c2ccccc2)[C@@H]1c1ccc(N(C)C)cc1. The number of benzene rings is 2. The van der Waals surface area contributed by atoms with Gasteiger partial charge in [-0.25, -0.2) is 0 Å². The Labute approximate surface area is 242 Å². The lowest BCUT2D eigenvalue weighted by molar-refractivity contribution is -0.139. The number of carbonyl (C=O) groups is 2. The van der Waals surface area contributed by atoms with Crippen molar-refractivity contribution in [3.05, 3.63) is 71.3 Å². The minimum absolute atomic E-state index is 0.107. The molecule has 1 atom stereocenters. The normalized spacial score (nSPS) is 16.6. The number of hydrogen-bond acceptors (Lipinski definition) is 4. The van der Waals surface area contributed by atoms with Gasteiger partial charge in [-0.1, -0.05) is 133 Å². The Morgan fingerprint density at radius 3 is 1.73 bits per heavy atom. The van der Waals surface area contributed by atoms with Crippen molar-refractivity contribution in [2.24, 2.45) is 0 Å². The summed E-state index contributed by atoms with van der Waals surface area (Å²) < 4.78 is 0. The summed E-state index contributed by atoms with van der Waals surface area (Å²) in [4.78, 5) is 30.1. The summed E-state index contributed by atoms with van der Waals surface area (Å²) in [6.07, 6.45) is 17.8. The Morgan fingerprint density at radius 2 is 1.23 bits per heavy atom. The number of aliphatic hydroxyl groups excluding tert-OH is 1. The average molecular weight is 547 g/mol. The van der Waals surface area contributed by atoms with Crippen molar-refractivity contribution in [2.75, 3.05) is 25.5 Å². The molecule has 1 aliphatic rings. The Balaban J connectivity index is 1.55. The Kier molecular flexibility index (Phi) is 13.3. The van der Waals surface area contributed by atoms with Gasteiger partial charge in [0, 0.05) is 31.9 Å². The lowest BCUT2D eigenvalue weighted by Crippen LogP contribution is -2.30. The molecule has 2 aromatic carbocycles. The summed E-state index contributed by atoms with van der Waals surface area (Å²) in [5, 5.41) is 11.2. The van der Waals surface area contributed by atoms with E-state index in [1.165, 1.54) is 70.6 Å². The van der Waals surface area contributed by atoms with E-state index in [2.05, 4.69) is 6.92 Å². The number of aliphatic hydroxyl groups is 1. The molecule has 0 spiro atoms. The number of Topliss-reactive ketones (excluding diaryl/α,β-unsaturated/α-hetero) is 1. The van der Waals surface area contributed by atoms with E-state index >= 15 is 0 Å². The van der Waals surface area contributed by atoms with E-state index in [9.17, 15) is 14.7 Å². The number of anilines is 1. The molecule has 1 fully saturated rings. The van der Waals surface area contributed by atoms with Crippen molar-refractivity contribution in [1.82, 2.24) is 4.90 Å². The molecule has 0 unspecified atom stereocenters. The molecular formula is C35H50N2O3. The van der Waals surface area contributed by atoms with E-state index in [1.54, 1.807) is 17.0 Å². The zero-order chi connectivity index (χ0) is 28.7. The number of nitrogens with zero attached hydrogens (tertiary/aromatic N) is 2. The number of rotatable bonds is 18. The predicted molar refractivity (Wildman–Crippen MR) is 167 cm³/mol. The van der Waals surface area contributed by atoms with Gasteiger partial charge >= 0.3 is 0 Å². The van der Waals surface area contributed by atoms with Crippen molar-refractivity contribution in [1.29, 1.82) is 0 Å². The van der Waals surface area contributed by atoms with E-state index < -0.39 is 17.7 Å². The summed E-state index contributed by atoms with van der Waals surface area (Å²) >= 11 is 0. The first-order chi connectivity index (χ1) is 19.5. The van der Waals surface area contributed by atoms with Crippen LogP contribution in [0.15, 0.2) is 60.2 Å². The smallest absolute Gasteiger partial charge is 0.295 e. The van der Waals surface area contributed by atoms with Gasteiger partial charge in [-0.05, 0) is 24.1 Å². The number of likely N-dealkylation sites (tertiary alicyclic amines) is 1. The van der Waals surface area contributed by atoms with Crippen molar-refractivity contribution in [3.8, 4) is 0 Å². The maximum atomic E-state index is 13.2. The summed E-state index contributed by atoms with van der Waals surface area (Å²) in [6, 6.07) is 16.4. The van der Waals surface area contributed by atoms with Crippen LogP contribution < -0.4 is 4.90 Å². The Bertz CT molecular complexity index is 1080. The molecule has 1 N–H and O–H groups in total. The fourth-order valence-corrected chi connectivity index (χ4v) is 5.64. The van der Waals surface area contributed by atoms with Crippen molar-refractivity contribution in [2.45, 2.75) is 103 Å². The highest BCUT2D eigenvalue weighted by molar-refractivity contribution is 6.46. The molecule has 1 aliphatic heterocycles. The van der Waals surface area contributed by atoms with Crippen molar-refractivity contribution >= 4 is 23.1 Å². The molecule has 1 heterocycles. The van der Waals surface area contributed by atoms with Gasteiger partial charge in [0.1, 0.15) is 5.76 Å². The summed E-state index contributed by atoms with van der Waals surface area (Å²) in [6.45, 7) is 2.77. The molecule has 1 saturated heterocycles. The molecular weight excluding hydrogens is 496 g/mol. The van der Waals surface area contributed by atoms with Crippen LogP contribution in [-0.4, -0.2) is 42.3 Å².